The van der Waals surface area contributed by atoms with Crippen LogP contribution in [0.25, 0.3) is 0 Å². The van der Waals surface area contributed by atoms with Crippen LogP contribution in [0.1, 0.15) is 23.2 Å². The number of nitrogen functional groups attached to an aromatic ring is 1. The summed E-state index contributed by atoms with van der Waals surface area (Å²) < 4.78 is 0. The van der Waals surface area contributed by atoms with E-state index >= 15 is 0 Å². The molecule has 0 bridgehead atoms. The molecule has 0 saturated carbocycles. The van der Waals surface area contributed by atoms with Gasteiger partial charge in [-0.05, 0) is 45.1 Å². The molecule has 1 aromatic carbocycles. The molecular formula is C14H20N4O3. The first-order valence-corrected chi connectivity index (χ1v) is 6.90. The lowest BCUT2D eigenvalue weighted by molar-refractivity contribution is -0.384. The van der Waals surface area contributed by atoms with E-state index in [2.05, 4.69) is 4.90 Å². The maximum Gasteiger partial charge on any atom is 0.304 e. The lowest BCUT2D eigenvalue weighted by Crippen LogP contribution is -2.44. The smallest absolute Gasteiger partial charge is 0.304 e. The molecule has 0 unspecified atom stereocenters. The van der Waals surface area contributed by atoms with Gasteiger partial charge in [0.15, 0.2) is 0 Å². The lowest BCUT2D eigenvalue weighted by atomic mass is 10.0. The van der Waals surface area contributed by atoms with Crippen LogP contribution >= 0.6 is 0 Å². The first-order valence-electron chi connectivity index (χ1n) is 6.90. The average Bonchev–Trinajstić information content (AvgIpc) is 2.46. The summed E-state index contributed by atoms with van der Waals surface area (Å²) in [6, 6.07) is 4.57. The number of carbonyl (C=O) groups excluding carboxylic acids is 1. The van der Waals surface area contributed by atoms with Crippen LogP contribution in [-0.2, 0) is 0 Å². The van der Waals surface area contributed by atoms with Crippen molar-refractivity contribution >= 4 is 17.3 Å². The van der Waals surface area contributed by atoms with Gasteiger partial charge in [-0.2, -0.15) is 0 Å². The molecule has 0 atom stereocenters. The fourth-order valence-corrected chi connectivity index (χ4v) is 2.68. The summed E-state index contributed by atoms with van der Waals surface area (Å²) in [5.74, 6) is -0.344. The van der Waals surface area contributed by atoms with E-state index < -0.39 is 4.92 Å². The molecule has 1 aliphatic heterocycles. The molecule has 7 heteroatoms. The van der Waals surface area contributed by atoms with Gasteiger partial charge in [0.25, 0.3) is 5.91 Å². The van der Waals surface area contributed by atoms with Crippen LogP contribution in [0.3, 0.4) is 0 Å². The highest BCUT2D eigenvalue weighted by molar-refractivity contribution is 6.00. The van der Waals surface area contributed by atoms with Crippen molar-refractivity contribution < 1.29 is 9.72 Å². The van der Waals surface area contributed by atoms with Crippen molar-refractivity contribution in [2.75, 3.05) is 32.9 Å². The molecule has 1 aliphatic rings. The van der Waals surface area contributed by atoms with Crippen molar-refractivity contribution in [3.8, 4) is 0 Å². The van der Waals surface area contributed by atoms with Crippen molar-refractivity contribution in [3.05, 3.63) is 33.9 Å². The van der Waals surface area contributed by atoms with Crippen LogP contribution in [0.5, 0.6) is 0 Å². The molecule has 7 nitrogen and oxygen atoms in total. The highest BCUT2D eigenvalue weighted by atomic mass is 16.6. The van der Waals surface area contributed by atoms with Gasteiger partial charge >= 0.3 is 5.69 Å². The van der Waals surface area contributed by atoms with Crippen LogP contribution < -0.4 is 5.73 Å². The number of benzene rings is 1. The monoisotopic (exact) mass is 292 g/mol. The molecule has 21 heavy (non-hydrogen) atoms. The second kappa shape index (κ2) is 6.09. The summed E-state index contributed by atoms with van der Waals surface area (Å²) >= 11 is 0. The molecule has 0 radical (unpaired) electrons. The second-order valence-corrected chi connectivity index (χ2v) is 5.45. The van der Waals surface area contributed by atoms with Gasteiger partial charge in [0, 0.05) is 13.1 Å². The van der Waals surface area contributed by atoms with Crippen molar-refractivity contribution in [2.45, 2.75) is 18.9 Å². The van der Waals surface area contributed by atoms with Gasteiger partial charge in [0.2, 0.25) is 0 Å². The summed E-state index contributed by atoms with van der Waals surface area (Å²) in [6.45, 7) is 1.84. The van der Waals surface area contributed by atoms with Gasteiger partial charge in [0.1, 0.15) is 11.3 Å². The van der Waals surface area contributed by atoms with Crippen LogP contribution in [-0.4, -0.2) is 53.9 Å². The van der Waals surface area contributed by atoms with Gasteiger partial charge in [-0.1, -0.05) is 6.07 Å². The van der Waals surface area contributed by atoms with E-state index in [9.17, 15) is 14.9 Å². The minimum atomic E-state index is -0.592. The maximum atomic E-state index is 12.6. The van der Waals surface area contributed by atoms with E-state index in [1.807, 2.05) is 7.05 Å². The number of hydrogen-bond donors (Lipinski definition) is 1. The Morgan fingerprint density at radius 3 is 2.62 bits per heavy atom. The number of nitro groups is 1. The molecular weight excluding hydrogens is 272 g/mol. The molecule has 2 N–H and O–H groups in total. The number of hydrogen-bond acceptors (Lipinski definition) is 5. The van der Waals surface area contributed by atoms with E-state index in [0.29, 0.717) is 0 Å². The fraction of sp³-hybridized carbons (Fsp3) is 0.500. The minimum Gasteiger partial charge on any atom is -0.393 e. The molecule has 1 aromatic rings. The highest BCUT2D eigenvalue weighted by Crippen LogP contribution is 2.28. The second-order valence-electron chi connectivity index (χ2n) is 5.45. The minimum absolute atomic E-state index is 0.0163. The molecule has 1 amide bonds. The number of nitro benzene ring substituents is 1. The fourth-order valence-electron chi connectivity index (χ4n) is 2.68. The van der Waals surface area contributed by atoms with Gasteiger partial charge < -0.3 is 15.5 Å². The molecule has 1 heterocycles. The summed E-state index contributed by atoms with van der Waals surface area (Å²) in [5.41, 5.74) is 5.41. The SMILES string of the molecule is CN1CCC(N(C)C(=O)c2cccc(N)c2[N+](=O)[O-])CC1. The average molecular weight is 292 g/mol. The standard InChI is InChI=1S/C14H20N4O3/c1-16-8-6-10(7-9-16)17(2)14(19)11-4-3-5-12(15)13(11)18(20)21/h3-5,10H,6-9,15H2,1-2H3. The van der Waals surface area contributed by atoms with Gasteiger partial charge in [-0.3, -0.25) is 14.9 Å². The normalized spacial score (nSPS) is 16.7. The number of anilines is 1. The van der Waals surface area contributed by atoms with Crippen LogP contribution in [0.4, 0.5) is 11.4 Å². The molecule has 0 aromatic heterocycles. The Kier molecular flexibility index (Phi) is 4.42. The summed E-state index contributed by atoms with van der Waals surface area (Å²) in [5, 5.41) is 11.1. The number of likely N-dealkylation sites (tertiary alicyclic amines) is 1. The number of rotatable bonds is 3. The predicted octanol–water partition coefficient (Wildman–Crippen LogP) is 1.34. The Hall–Kier alpha value is -2.15. The van der Waals surface area contributed by atoms with Crippen molar-refractivity contribution in [1.82, 2.24) is 9.80 Å². The zero-order valence-electron chi connectivity index (χ0n) is 12.3. The maximum absolute atomic E-state index is 12.6. The third kappa shape index (κ3) is 3.13. The number of amides is 1. The Morgan fingerprint density at radius 2 is 2.05 bits per heavy atom. The highest BCUT2D eigenvalue weighted by Gasteiger charge is 2.30. The Bertz CT molecular complexity index is 553. The Morgan fingerprint density at radius 1 is 1.43 bits per heavy atom. The summed E-state index contributed by atoms with van der Waals surface area (Å²) in [6.07, 6.45) is 1.74. The van der Waals surface area contributed by atoms with E-state index in [1.54, 1.807) is 18.0 Å². The molecule has 0 aliphatic carbocycles. The molecule has 1 fully saturated rings. The number of para-hydroxylation sites is 1. The number of carbonyl (C=O) groups is 1. The molecule has 2 rings (SSSR count). The first kappa shape index (κ1) is 15.2. The molecule has 0 spiro atoms. The quantitative estimate of drug-likeness (QED) is 0.515. The largest absolute Gasteiger partial charge is 0.393 e. The van der Waals surface area contributed by atoms with E-state index in [1.165, 1.54) is 12.1 Å². The number of nitrogens with two attached hydrogens (primary N) is 1. The van der Waals surface area contributed by atoms with E-state index in [-0.39, 0.29) is 28.9 Å². The number of piperidine rings is 1. The lowest BCUT2D eigenvalue weighted by Gasteiger charge is -2.35. The van der Waals surface area contributed by atoms with Crippen molar-refractivity contribution in [1.29, 1.82) is 0 Å². The van der Waals surface area contributed by atoms with Crippen molar-refractivity contribution in [2.24, 2.45) is 0 Å². The van der Waals surface area contributed by atoms with E-state index in [0.717, 1.165) is 25.9 Å². The zero-order valence-corrected chi connectivity index (χ0v) is 12.3. The van der Waals surface area contributed by atoms with Crippen LogP contribution in [0.15, 0.2) is 18.2 Å². The van der Waals surface area contributed by atoms with E-state index in [4.69, 9.17) is 5.73 Å². The first-order chi connectivity index (χ1) is 9.91. The third-order valence-electron chi connectivity index (χ3n) is 4.04. The molecule has 1 saturated heterocycles. The van der Waals surface area contributed by atoms with Crippen LogP contribution in [0, 0.1) is 10.1 Å². The predicted molar refractivity (Wildman–Crippen MR) is 80.1 cm³/mol. The molecule has 114 valence electrons. The van der Waals surface area contributed by atoms with Gasteiger partial charge in [-0.15, -0.1) is 0 Å². The zero-order chi connectivity index (χ0) is 15.6. The van der Waals surface area contributed by atoms with Crippen LogP contribution in [0.2, 0.25) is 0 Å². The Balaban J connectivity index is 2.24. The van der Waals surface area contributed by atoms with Gasteiger partial charge in [-0.25, -0.2) is 0 Å². The summed E-state index contributed by atoms with van der Waals surface area (Å²) in [7, 11) is 3.74. The Labute approximate surface area is 123 Å². The summed E-state index contributed by atoms with van der Waals surface area (Å²) in [4.78, 5) is 26.9. The van der Waals surface area contributed by atoms with Crippen molar-refractivity contribution in [3.63, 3.8) is 0 Å². The third-order valence-corrected chi connectivity index (χ3v) is 4.04. The van der Waals surface area contributed by atoms with Gasteiger partial charge in [0.05, 0.1) is 4.92 Å². The number of nitrogens with zero attached hydrogens (tertiary/aromatic N) is 3. The topological polar surface area (TPSA) is 92.7 Å².